The quantitative estimate of drug-likeness (QED) is 0.468. The molecule has 1 aromatic heterocycles. The van der Waals surface area contributed by atoms with Crippen LogP contribution in [0.25, 0.3) is 0 Å². The van der Waals surface area contributed by atoms with E-state index in [1.807, 2.05) is 0 Å². The SMILES string of the molecule is CC(O)C[NH+](CC(C)O)CC(C)O.O=C([O-])c1nccc(Cl)c1Cl. The third kappa shape index (κ3) is 10.0. The normalized spacial score (nSPS) is 15.7. The molecule has 24 heavy (non-hydrogen) atoms. The first kappa shape index (κ1) is 23.0. The lowest BCUT2D eigenvalue weighted by Crippen LogP contribution is -3.15. The van der Waals surface area contributed by atoms with Crippen molar-refractivity contribution in [1.29, 1.82) is 0 Å². The fraction of sp³-hybridized carbons (Fsp3) is 0.600. The highest BCUT2D eigenvalue weighted by Gasteiger charge is 2.16. The molecule has 0 spiro atoms. The number of rotatable bonds is 7. The van der Waals surface area contributed by atoms with Gasteiger partial charge in [0, 0.05) is 6.20 Å². The van der Waals surface area contributed by atoms with Gasteiger partial charge in [0.25, 0.3) is 0 Å². The third-order valence-corrected chi connectivity index (χ3v) is 3.58. The van der Waals surface area contributed by atoms with Gasteiger partial charge < -0.3 is 30.1 Å². The summed E-state index contributed by atoms with van der Waals surface area (Å²) in [6.45, 7) is 6.83. The third-order valence-electron chi connectivity index (χ3n) is 2.79. The molecule has 0 aromatic carbocycles. The highest BCUT2D eigenvalue weighted by Crippen LogP contribution is 2.22. The summed E-state index contributed by atoms with van der Waals surface area (Å²) in [5.41, 5.74) is -0.334. The minimum atomic E-state index is -1.43. The fourth-order valence-corrected chi connectivity index (χ4v) is 2.40. The first-order valence-corrected chi connectivity index (χ1v) is 8.19. The van der Waals surface area contributed by atoms with Crippen LogP contribution < -0.4 is 10.0 Å². The molecular formula is C15H24Cl2N2O5. The average Bonchev–Trinajstić information content (AvgIpc) is 2.39. The van der Waals surface area contributed by atoms with Crippen molar-refractivity contribution in [1.82, 2.24) is 4.98 Å². The van der Waals surface area contributed by atoms with Gasteiger partial charge in [-0.2, -0.15) is 0 Å². The summed E-state index contributed by atoms with van der Waals surface area (Å²) in [5, 5.41) is 37.8. The number of quaternary nitrogens is 1. The molecule has 0 saturated carbocycles. The summed E-state index contributed by atoms with van der Waals surface area (Å²) < 4.78 is 0. The Balaban J connectivity index is 0.000000446. The monoisotopic (exact) mass is 382 g/mol. The molecule has 0 bridgehead atoms. The van der Waals surface area contributed by atoms with Crippen molar-refractivity contribution in [3.05, 3.63) is 28.0 Å². The molecule has 0 fully saturated rings. The summed E-state index contributed by atoms with van der Waals surface area (Å²) in [7, 11) is 0. The van der Waals surface area contributed by atoms with Gasteiger partial charge in [0.15, 0.2) is 0 Å². The second kappa shape index (κ2) is 11.6. The van der Waals surface area contributed by atoms with E-state index in [9.17, 15) is 9.90 Å². The van der Waals surface area contributed by atoms with Crippen LogP contribution in [0.2, 0.25) is 10.0 Å². The van der Waals surface area contributed by atoms with Gasteiger partial charge in [-0.3, -0.25) is 4.98 Å². The highest BCUT2D eigenvalue weighted by atomic mass is 35.5. The predicted octanol–water partition coefficient (Wildman–Crippen LogP) is -1.23. The minimum Gasteiger partial charge on any atom is -0.543 e. The van der Waals surface area contributed by atoms with E-state index in [2.05, 4.69) is 4.98 Å². The Labute approximate surface area is 151 Å². The van der Waals surface area contributed by atoms with Crippen LogP contribution in [0.15, 0.2) is 12.3 Å². The molecule has 138 valence electrons. The van der Waals surface area contributed by atoms with Crippen molar-refractivity contribution in [2.24, 2.45) is 0 Å². The van der Waals surface area contributed by atoms with E-state index >= 15 is 0 Å². The van der Waals surface area contributed by atoms with Crippen molar-refractivity contribution in [2.45, 2.75) is 39.1 Å². The largest absolute Gasteiger partial charge is 0.543 e. The van der Waals surface area contributed by atoms with E-state index in [1.54, 1.807) is 20.8 Å². The van der Waals surface area contributed by atoms with E-state index in [0.29, 0.717) is 19.6 Å². The molecule has 1 rings (SSSR count). The van der Waals surface area contributed by atoms with Gasteiger partial charge in [0.05, 0.1) is 16.0 Å². The molecule has 0 aliphatic heterocycles. The molecule has 0 aliphatic rings. The molecule has 1 aromatic rings. The Kier molecular flexibility index (Phi) is 11.1. The first-order chi connectivity index (χ1) is 11.0. The summed E-state index contributed by atoms with van der Waals surface area (Å²) in [5.74, 6) is -1.43. The van der Waals surface area contributed by atoms with Crippen LogP contribution in [-0.4, -0.2) is 64.2 Å². The molecule has 0 saturated heterocycles. The Bertz CT molecular complexity index is 489. The minimum absolute atomic E-state index is 0.0887. The second-order valence-electron chi connectivity index (χ2n) is 5.65. The maximum atomic E-state index is 10.3. The highest BCUT2D eigenvalue weighted by molar-refractivity contribution is 6.43. The van der Waals surface area contributed by atoms with E-state index in [-0.39, 0.29) is 15.7 Å². The number of pyridine rings is 1. The standard InChI is InChI=1S/C9H21NO3.C6H3Cl2NO2/c1-7(11)4-10(5-8(2)12)6-9(3)13;7-3-1-2-9-5(4(3)8)6(10)11/h7-9,11-13H,4-6H2,1-3H3;1-2H,(H,10,11). The molecular weight excluding hydrogens is 359 g/mol. The van der Waals surface area contributed by atoms with Crippen LogP contribution in [0.5, 0.6) is 0 Å². The molecule has 9 heteroatoms. The van der Waals surface area contributed by atoms with Crippen molar-refractivity contribution >= 4 is 29.2 Å². The number of carboxylic acid groups (broad SMARTS) is 1. The van der Waals surface area contributed by atoms with Crippen LogP contribution in [0, 0.1) is 0 Å². The van der Waals surface area contributed by atoms with Crippen molar-refractivity contribution in [3.8, 4) is 0 Å². The molecule has 1 heterocycles. The van der Waals surface area contributed by atoms with Crippen molar-refractivity contribution in [2.75, 3.05) is 19.6 Å². The van der Waals surface area contributed by atoms with Crippen LogP contribution in [0.4, 0.5) is 0 Å². The molecule has 0 amide bonds. The summed E-state index contributed by atoms with van der Waals surface area (Å²) in [4.78, 5) is 14.7. The average molecular weight is 383 g/mol. The summed E-state index contributed by atoms with van der Waals surface area (Å²) in [6.07, 6.45) is 0.0619. The number of carbonyl (C=O) groups excluding carboxylic acids is 1. The summed E-state index contributed by atoms with van der Waals surface area (Å²) in [6, 6.07) is 1.40. The number of halogens is 2. The molecule has 4 N–H and O–H groups in total. The van der Waals surface area contributed by atoms with E-state index in [4.69, 9.17) is 38.5 Å². The van der Waals surface area contributed by atoms with Crippen molar-refractivity contribution in [3.63, 3.8) is 0 Å². The zero-order valence-corrected chi connectivity index (χ0v) is 15.4. The number of aromatic carboxylic acids is 1. The Morgan fingerprint density at radius 2 is 1.54 bits per heavy atom. The smallest absolute Gasteiger partial charge is 0.106 e. The zero-order valence-electron chi connectivity index (χ0n) is 13.9. The maximum Gasteiger partial charge on any atom is 0.106 e. The maximum absolute atomic E-state index is 10.3. The summed E-state index contributed by atoms with van der Waals surface area (Å²) >= 11 is 11.0. The predicted molar refractivity (Wildman–Crippen MR) is 89.2 cm³/mol. The van der Waals surface area contributed by atoms with Gasteiger partial charge in [0.1, 0.15) is 43.6 Å². The number of nitrogens with one attached hydrogen (secondary N) is 1. The lowest BCUT2D eigenvalue weighted by Gasteiger charge is -2.23. The number of carbonyl (C=O) groups is 1. The molecule has 0 radical (unpaired) electrons. The van der Waals surface area contributed by atoms with Crippen LogP contribution in [0.1, 0.15) is 31.3 Å². The Morgan fingerprint density at radius 1 is 1.12 bits per heavy atom. The van der Waals surface area contributed by atoms with Crippen LogP contribution in [-0.2, 0) is 0 Å². The van der Waals surface area contributed by atoms with Gasteiger partial charge in [-0.15, -0.1) is 0 Å². The zero-order chi connectivity index (χ0) is 18.9. The lowest BCUT2D eigenvalue weighted by molar-refractivity contribution is -0.908. The molecule has 0 aliphatic carbocycles. The first-order valence-electron chi connectivity index (χ1n) is 7.43. The number of hydrogen-bond acceptors (Lipinski definition) is 6. The van der Waals surface area contributed by atoms with Gasteiger partial charge in [-0.25, -0.2) is 0 Å². The number of nitrogens with zero attached hydrogens (tertiary/aromatic N) is 1. The van der Waals surface area contributed by atoms with Crippen LogP contribution >= 0.6 is 23.2 Å². The number of carboxylic acids is 1. The van der Waals surface area contributed by atoms with E-state index in [0.717, 1.165) is 4.90 Å². The van der Waals surface area contributed by atoms with Crippen molar-refractivity contribution < 1.29 is 30.1 Å². The lowest BCUT2D eigenvalue weighted by atomic mass is 10.2. The van der Waals surface area contributed by atoms with Gasteiger partial charge in [-0.05, 0) is 26.8 Å². The van der Waals surface area contributed by atoms with Crippen LogP contribution in [0.3, 0.4) is 0 Å². The number of hydrogen-bond donors (Lipinski definition) is 4. The number of aliphatic hydroxyl groups excluding tert-OH is 3. The van der Waals surface area contributed by atoms with E-state index < -0.39 is 24.3 Å². The second-order valence-corrected chi connectivity index (χ2v) is 6.44. The topological polar surface area (TPSA) is 118 Å². The number of aliphatic hydroxyl groups is 3. The van der Waals surface area contributed by atoms with Gasteiger partial charge in [0.2, 0.25) is 0 Å². The van der Waals surface area contributed by atoms with Gasteiger partial charge in [-0.1, -0.05) is 23.2 Å². The van der Waals surface area contributed by atoms with E-state index in [1.165, 1.54) is 12.3 Å². The fourth-order valence-electron chi connectivity index (χ4n) is 2.07. The Morgan fingerprint density at radius 3 is 1.83 bits per heavy atom. The molecule has 3 unspecified atom stereocenters. The molecule has 3 atom stereocenters. The number of aromatic nitrogens is 1. The molecule has 7 nitrogen and oxygen atoms in total. The Hall–Kier alpha value is -0.960. The van der Waals surface area contributed by atoms with Gasteiger partial charge >= 0.3 is 0 Å².